The van der Waals surface area contributed by atoms with Gasteiger partial charge in [0.15, 0.2) is 0 Å². The van der Waals surface area contributed by atoms with Crippen LogP contribution in [-0.2, 0) is 11.3 Å². The normalized spacial score (nSPS) is 12.2. The van der Waals surface area contributed by atoms with Crippen LogP contribution in [0.5, 0.6) is 0 Å². The highest BCUT2D eigenvalue weighted by atomic mass is 32.2. The van der Waals surface area contributed by atoms with E-state index >= 15 is 0 Å². The topological polar surface area (TPSA) is 46.3 Å². The minimum atomic E-state index is 0.194. The van der Waals surface area contributed by atoms with Gasteiger partial charge in [-0.25, -0.2) is 0 Å². The van der Waals surface area contributed by atoms with E-state index in [1.54, 1.807) is 11.8 Å². The molecule has 1 aromatic carbocycles. The van der Waals surface area contributed by atoms with Crippen molar-refractivity contribution in [1.29, 1.82) is 0 Å². The van der Waals surface area contributed by atoms with Crippen LogP contribution in [0.2, 0.25) is 0 Å². The number of nitrogens with two attached hydrogens (primary N) is 1. The number of carbonyl (C=O) groups excluding carboxylic acids is 1. The second-order valence-corrected chi connectivity index (χ2v) is 5.61. The average Bonchev–Trinajstić information content (AvgIpc) is 2.45. The highest BCUT2D eigenvalue weighted by Gasteiger charge is 2.12. The number of hydrogen-bond donors (Lipinski definition) is 1. The molecule has 1 atom stereocenters. The van der Waals surface area contributed by atoms with Gasteiger partial charge in [-0.1, -0.05) is 37.3 Å². The van der Waals surface area contributed by atoms with E-state index in [4.69, 9.17) is 5.73 Å². The molecule has 0 saturated heterocycles. The summed E-state index contributed by atoms with van der Waals surface area (Å²) in [7, 11) is 0. The maximum absolute atomic E-state index is 12.1. The molecule has 0 saturated carbocycles. The zero-order valence-electron chi connectivity index (χ0n) is 11.8. The smallest absolute Gasteiger partial charge is 0.232 e. The Labute approximate surface area is 120 Å². The molecule has 19 heavy (non-hydrogen) atoms. The monoisotopic (exact) mass is 280 g/mol. The summed E-state index contributed by atoms with van der Waals surface area (Å²) in [6.07, 6.45) is 0.961. The van der Waals surface area contributed by atoms with Crippen molar-refractivity contribution in [2.24, 2.45) is 5.73 Å². The molecule has 0 aliphatic carbocycles. The fourth-order valence-electron chi connectivity index (χ4n) is 1.69. The molecule has 3 nitrogen and oxygen atoms in total. The lowest BCUT2D eigenvalue weighted by atomic mass is 10.2. The lowest BCUT2D eigenvalue weighted by Gasteiger charge is -2.21. The van der Waals surface area contributed by atoms with Gasteiger partial charge < -0.3 is 10.6 Å². The van der Waals surface area contributed by atoms with Gasteiger partial charge in [-0.2, -0.15) is 11.8 Å². The Morgan fingerprint density at radius 3 is 2.58 bits per heavy atom. The lowest BCUT2D eigenvalue weighted by molar-refractivity contribution is -0.128. The first-order chi connectivity index (χ1) is 9.17. The lowest BCUT2D eigenvalue weighted by Crippen LogP contribution is -2.32. The number of benzene rings is 1. The first-order valence-corrected chi connectivity index (χ1v) is 7.97. The standard InChI is InChI=1S/C15H24N2OS/c1-3-14(16)11-19-12-15(18)17(4-2)10-13-8-6-5-7-9-13/h5-9,14H,3-4,10-12,16H2,1-2H3. The van der Waals surface area contributed by atoms with Gasteiger partial charge in [0.05, 0.1) is 5.75 Å². The number of carbonyl (C=O) groups is 1. The minimum absolute atomic E-state index is 0.194. The van der Waals surface area contributed by atoms with Crippen molar-refractivity contribution in [3.05, 3.63) is 35.9 Å². The van der Waals surface area contributed by atoms with Crippen molar-refractivity contribution in [2.45, 2.75) is 32.9 Å². The van der Waals surface area contributed by atoms with Crippen LogP contribution in [0.25, 0.3) is 0 Å². The minimum Gasteiger partial charge on any atom is -0.338 e. The third-order valence-electron chi connectivity index (χ3n) is 3.03. The van der Waals surface area contributed by atoms with Crippen molar-refractivity contribution >= 4 is 17.7 Å². The van der Waals surface area contributed by atoms with Crippen LogP contribution in [0.4, 0.5) is 0 Å². The van der Waals surface area contributed by atoms with Crippen LogP contribution in [0, 0.1) is 0 Å². The molecule has 0 spiro atoms. The highest BCUT2D eigenvalue weighted by Crippen LogP contribution is 2.09. The molecule has 4 heteroatoms. The zero-order chi connectivity index (χ0) is 14.1. The van der Waals surface area contributed by atoms with E-state index < -0.39 is 0 Å². The highest BCUT2D eigenvalue weighted by molar-refractivity contribution is 7.99. The maximum atomic E-state index is 12.1. The molecule has 0 radical (unpaired) electrons. The fraction of sp³-hybridized carbons (Fsp3) is 0.533. The largest absolute Gasteiger partial charge is 0.338 e. The molecule has 1 amide bonds. The van der Waals surface area contributed by atoms with E-state index in [2.05, 4.69) is 19.1 Å². The predicted octanol–water partition coefficient (Wildman–Crippen LogP) is 2.51. The molecule has 106 valence electrons. The molecule has 0 heterocycles. The van der Waals surface area contributed by atoms with Gasteiger partial charge in [-0.05, 0) is 18.9 Å². The van der Waals surface area contributed by atoms with Crippen molar-refractivity contribution in [3.63, 3.8) is 0 Å². The van der Waals surface area contributed by atoms with E-state index in [1.807, 2.05) is 30.0 Å². The Kier molecular flexibility index (Phi) is 7.60. The Morgan fingerprint density at radius 2 is 2.00 bits per heavy atom. The molecular weight excluding hydrogens is 256 g/mol. The Morgan fingerprint density at radius 1 is 1.32 bits per heavy atom. The summed E-state index contributed by atoms with van der Waals surface area (Å²) in [5.41, 5.74) is 7.02. The maximum Gasteiger partial charge on any atom is 0.232 e. The summed E-state index contributed by atoms with van der Waals surface area (Å²) in [5.74, 6) is 1.57. The molecule has 0 aliphatic heterocycles. The molecule has 1 aromatic rings. The first kappa shape index (κ1) is 16.1. The van der Waals surface area contributed by atoms with E-state index in [9.17, 15) is 4.79 Å². The van der Waals surface area contributed by atoms with Crippen LogP contribution in [-0.4, -0.2) is 34.9 Å². The van der Waals surface area contributed by atoms with Crippen LogP contribution in [0.15, 0.2) is 30.3 Å². The summed E-state index contributed by atoms with van der Waals surface area (Å²) < 4.78 is 0. The fourth-order valence-corrected chi connectivity index (χ4v) is 2.70. The van der Waals surface area contributed by atoms with Gasteiger partial charge in [0.2, 0.25) is 5.91 Å². The molecule has 2 N–H and O–H groups in total. The van der Waals surface area contributed by atoms with E-state index in [1.165, 1.54) is 5.56 Å². The number of thioether (sulfide) groups is 1. The van der Waals surface area contributed by atoms with E-state index in [0.29, 0.717) is 12.3 Å². The number of hydrogen-bond acceptors (Lipinski definition) is 3. The molecular formula is C15H24N2OS. The van der Waals surface area contributed by atoms with Gasteiger partial charge in [0.1, 0.15) is 0 Å². The van der Waals surface area contributed by atoms with Crippen molar-refractivity contribution in [2.75, 3.05) is 18.1 Å². The first-order valence-electron chi connectivity index (χ1n) is 6.82. The third-order valence-corrected chi connectivity index (χ3v) is 4.15. The number of nitrogens with zero attached hydrogens (tertiary/aromatic N) is 1. The molecule has 0 fully saturated rings. The van der Waals surface area contributed by atoms with Crippen molar-refractivity contribution < 1.29 is 4.79 Å². The molecule has 0 aromatic heterocycles. The Balaban J connectivity index is 2.39. The Hall–Kier alpha value is -1.00. The second-order valence-electron chi connectivity index (χ2n) is 4.58. The number of amides is 1. The van der Waals surface area contributed by atoms with Crippen LogP contribution >= 0.6 is 11.8 Å². The predicted molar refractivity (Wildman–Crippen MR) is 83.1 cm³/mol. The molecule has 0 aliphatic rings. The van der Waals surface area contributed by atoms with Crippen LogP contribution in [0.1, 0.15) is 25.8 Å². The van der Waals surface area contributed by atoms with E-state index in [0.717, 1.165) is 18.7 Å². The average molecular weight is 280 g/mol. The summed E-state index contributed by atoms with van der Waals surface area (Å²) in [6, 6.07) is 10.3. The Bertz CT molecular complexity index is 370. The SMILES string of the molecule is CCC(N)CSCC(=O)N(CC)Cc1ccccc1. The summed E-state index contributed by atoms with van der Waals surface area (Å²) in [6.45, 7) is 5.52. The quantitative estimate of drug-likeness (QED) is 0.796. The van der Waals surface area contributed by atoms with Gasteiger partial charge in [-0.3, -0.25) is 4.79 Å². The van der Waals surface area contributed by atoms with Gasteiger partial charge >= 0.3 is 0 Å². The van der Waals surface area contributed by atoms with Crippen molar-refractivity contribution in [1.82, 2.24) is 4.90 Å². The van der Waals surface area contributed by atoms with Crippen molar-refractivity contribution in [3.8, 4) is 0 Å². The van der Waals surface area contributed by atoms with E-state index in [-0.39, 0.29) is 11.9 Å². The summed E-state index contributed by atoms with van der Waals surface area (Å²) in [5, 5.41) is 0. The van der Waals surface area contributed by atoms with Crippen LogP contribution < -0.4 is 5.73 Å². The number of rotatable bonds is 8. The second kappa shape index (κ2) is 8.99. The van der Waals surface area contributed by atoms with Crippen LogP contribution in [0.3, 0.4) is 0 Å². The third kappa shape index (κ3) is 6.12. The van der Waals surface area contributed by atoms with Gasteiger partial charge in [0, 0.05) is 24.9 Å². The summed E-state index contributed by atoms with van der Waals surface area (Å²) >= 11 is 1.63. The summed E-state index contributed by atoms with van der Waals surface area (Å²) in [4.78, 5) is 14.0. The zero-order valence-corrected chi connectivity index (χ0v) is 12.7. The molecule has 1 rings (SSSR count). The van der Waals surface area contributed by atoms with Gasteiger partial charge in [0.25, 0.3) is 0 Å². The molecule has 0 bridgehead atoms. The molecule has 1 unspecified atom stereocenters. The van der Waals surface area contributed by atoms with Gasteiger partial charge in [-0.15, -0.1) is 0 Å².